The Bertz CT molecular complexity index is 706. The van der Waals surface area contributed by atoms with Gasteiger partial charge in [-0.2, -0.15) is 0 Å². The molecule has 1 saturated heterocycles. The van der Waals surface area contributed by atoms with Crippen LogP contribution in [0.5, 0.6) is 0 Å². The number of alkyl carbamates (subject to hydrolysis) is 1. The maximum absolute atomic E-state index is 12.0. The van der Waals surface area contributed by atoms with Crippen LogP contribution >= 0.6 is 0 Å². The molecule has 2 unspecified atom stereocenters. The van der Waals surface area contributed by atoms with Crippen molar-refractivity contribution in [2.75, 3.05) is 18.0 Å². The van der Waals surface area contributed by atoms with Crippen molar-refractivity contribution in [3.63, 3.8) is 0 Å². The second kappa shape index (κ2) is 5.72. The largest absolute Gasteiger partial charge is 0.444 e. The molecule has 7 nitrogen and oxygen atoms in total. The van der Waals surface area contributed by atoms with Crippen molar-refractivity contribution in [3.05, 3.63) is 18.6 Å². The van der Waals surface area contributed by atoms with Gasteiger partial charge in [-0.15, -0.1) is 0 Å². The molecule has 2 aromatic heterocycles. The van der Waals surface area contributed by atoms with Gasteiger partial charge in [0.2, 0.25) is 0 Å². The van der Waals surface area contributed by atoms with Gasteiger partial charge in [0, 0.05) is 19.3 Å². The van der Waals surface area contributed by atoms with Gasteiger partial charge in [-0.3, -0.25) is 0 Å². The molecule has 124 valence electrons. The molecule has 0 radical (unpaired) electrons. The topological polar surface area (TPSA) is 83.1 Å². The van der Waals surface area contributed by atoms with E-state index >= 15 is 0 Å². The first kappa shape index (κ1) is 15.6. The Labute approximate surface area is 135 Å². The van der Waals surface area contributed by atoms with Gasteiger partial charge in [-0.05, 0) is 32.8 Å². The van der Waals surface area contributed by atoms with Crippen molar-refractivity contribution >= 4 is 22.9 Å². The maximum Gasteiger partial charge on any atom is 0.407 e. The number of hydrogen-bond donors (Lipinski definition) is 2. The second-order valence-electron chi connectivity index (χ2n) is 7.07. The SMILES string of the molecule is CC1CN(c2ncnc3[nH]ccc23)CC1NC(=O)OC(C)(C)C. The van der Waals surface area contributed by atoms with Crippen molar-refractivity contribution in [1.29, 1.82) is 0 Å². The first-order valence-corrected chi connectivity index (χ1v) is 7.86. The number of carbonyl (C=O) groups excluding carboxylic acids is 1. The van der Waals surface area contributed by atoms with E-state index < -0.39 is 5.60 Å². The first-order chi connectivity index (χ1) is 10.8. The predicted molar refractivity (Wildman–Crippen MR) is 88.4 cm³/mol. The zero-order chi connectivity index (χ0) is 16.6. The van der Waals surface area contributed by atoms with Gasteiger partial charge in [0.25, 0.3) is 0 Å². The summed E-state index contributed by atoms with van der Waals surface area (Å²) in [5.74, 6) is 1.21. The lowest BCUT2D eigenvalue weighted by atomic mass is 10.1. The Morgan fingerprint density at radius 3 is 2.91 bits per heavy atom. The average molecular weight is 317 g/mol. The summed E-state index contributed by atoms with van der Waals surface area (Å²) >= 11 is 0. The molecule has 0 aliphatic carbocycles. The number of carbonyl (C=O) groups is 1. The third kappa shape index (κ3) is 3.38. The molecule has 1 amide bonds. The van der Waals surface area contributed by atoms with Crippen LogP contribution in [-0.2, 0) is 4.74 Å². The minimum absolute atomic E-state index is 0.0359. The quantitative estimate of drug-likeness (QED) is 0.888. The number of aromatic amines is 1. The number of anilines is 1. The van der Waals surface area contributed by atoms with Crippen LogP contribution in [-0.4, -0.2) is 45.8 Å². The Morgan fingerprint density at radius 1 is 1.39 bits per heavy atom. The second-order valence-corrected chi connectivity index (χ2v) is 7.07. The molecular weight excluding hydrogens is 294 g/mol. The monoisotopic (exact) mass is 317 g/mol. The Morgan fingerprint density at radius 2 is 2.17 bits per heavy atom. The van der Waals surface area contributed by atoms with Crippen LogP contribution in [0.4, 0.5) is 10.6 Å². The number of nitrogens with zero attached hydrogens (tertiary/aromatic N) is 3. The highest BCUT2D eigenvalue weighted by molar-refractivity contribution is 5.87. The van der Waals surface area contributed by atoms with E-state index in [1.807, 2.05) is 33.0 Å². The third-order valence-corrected chi connectivity index (χ3v) is 3.95. The summed E-state index contributed by atoms with van der Waals surface area (Å²) in [4.78, 5) is 25.9. The van der Waals surface area contributed by atoms with Crippen LogP contribution in [0.25, 0.3) is 11.0 Å². The van der Waals surface area contributed by atoms with Gasteiger partial charge in [-0.1, -0.05) is 6.92 Å². The number of ether oxygens (including phenoxy) is 1. The average Bonchev–Trinajstić information content (AvgIpc) is 3.03. The predicted octanol–water partition coefficient (Wildman–Crippen LogP) is 2.31. The normalized spacial score (nSPS) is 21.7. The van der Waals surface area contributed by atoms with E-state index in [2.05, 4.69) is 32.1 Å². The summed E-state index contributed by atoms with van der Waals surface area (Å²) in [6.07, 6.45) is 3.05. The number of amides is 1. The lowest BCUT2D eigenvalue weighted by Crippen LogP contribution is -2.42. The first-order valence-electron chi connectivity index (χ1n) is 7.86. The molecule has 7 heteroatoms. The molecule has 1 aliphatic rings. The highest BCUT2D eigenvalue weighted by Crippen LogP contribution is 2.27. The van der Waals surface area contributed by atoms with Gasteiger partial charge in [-0.25, -0.2) is 14.8 Å². The number of H-pyrrole nitrogens is 1. The van der Waals surface area contributed by atoms with Gasteiger partial charge in [0.05, 0.1) is 11.4 Å². The van der Waals surface area contributed by atoms with E-state index in [1.165, 1.54) is 0 Å². The van der Waals surface area contributed by atoms with E-state index in [0.29, 0.717) is 12.5 Å². The molecule has 0 aromatic carbocycles. The van der Waals surface area contributed by atoms with Gasteiger partial charge < -0.3 is 19.9 Å². The molecule has 3 rings (SSSR count). The Kier molecular flexibility index (Phi) is 3.87. The van der Waals surface area contributed by atoms with E-state index in [-0.39, 0.29) is 12.1 Å². The van der Waals surface area contributed by atoms with E-state index in [1.54, 1.807) is 6.33 Å². The number of aromatic nitrogens is 3. The van der Waals surface area contributed by atoms with Crippen LogP contribution < -0.4 is 10.2 Å². The fraction of sp³-hybridized carbons (Fsp3) is 0.562. The van der Waals surface area contributed by atoms with E-state index in [0.717, 1.165) is 23.4 Å². The third-order valence-electron chi connectivity index (χ3n) is 3.95. The van der Waals surface area contributed by atoms with Crippen molar-refractivity contribution in [2.24, 2.45) is 5.92 Å². The molecular formula is C16H23N5O2. The van der Waals surface area contributed by atoms with Crippen LogP contribution in [0.1, 0.15) is 27.7 Å². The highest BCUT2D eigenvalue weighted by atomic mass is 16.6. The maximum atomic E-state index is 12.0. The Hall–Kier alpha value is -2.31. The molecule has 0 saturated carbocycles. The van der Waals surface area contributed by atoms with Crippen LogP contribution in [0, 0.1) is 5.92 Å². The van der Waals surface area contributed by atoms with Crippen molar-refractivity contribution in [1.82, 2.24) is 20.3 Å². The highest BCUT2D eigenvalue weighted by Gasteiger charge is 2.33. The standard InChI is InChI=1S/C16H23N5O2/c1-10-7-21(8-12(10)20-15(22)23-16(2,3)4)14-11-5-6-17-13(11)18-9-19-14/h5-6,9-10,12H,7-8H2,1-4H3,(H,20,22)(H,17,18,19). The van der Waals surface area contributed by atoms with Crippen LogP contribution in [0.2, 0.25) is 0 Å². The van der Waals surface area contributed by atoms with Crippen molar-refractivity contribution in [3.8, 4) is 0 Å². The summed E-state index contributed by atoms with van der Waals surface area (Å²) in [5, 5.41) is 3.97. The molecule has 23 heavy (non-hydrogen) atoms. The zero-order valence-corrected chi connectivity index (χ0v) is 14.0. The van der Waals surface area contributed by atoms with E-state index in [9.17, 15) is 4.79 Å². The lowest BCUT2D eigenvalue weighted by molar-refractivity contribution is 0.0499. The molecule has 2 aromatic rings. The fourth-order valence-corrected chi connectivity index (χ4v) is 2.90. The van der Waals surface area contributed by atoms with Crippen molar-refractivity contribution in [2.45, 2.75) is 39.3 Å². The van der Waals surface area contributed by atoms with Gasteiger partial charge >= 0.3 is 6.09 Å². The summed E-state index contributed by atoms with van der Waals surface area (Å²) in [6, 6.07) is 2.01. The Balaban J connectivity index is 1.71. The summed E-state index contributed by atoms with van der Waals surface area (Å²) < 4.78 is 5.35. The van der Waals surface area contributed by atoms with Crippen LogP contribution in [0.15, 0.2) is 18.6 Å². The van der Waals surface area contributed by atoms with Crippen molar-refractivity contribution < 1.29 is 9.53 Å². The summed E-state index contributed by atoms with van der Waals surface area (Å²) in [5.41, 5.74) is 0.335. The molecule has 0 spiro atoms. The zero-order valence-electron chi connectivity index (χ0n) is 14.0. The molecule has 1 aliphatic heterocycles. The van der Waals surface area contributed by atoms with Gasteiger partial charge in [0.1, 0.15) is 23.4 Å². The minimum Gasteiger partial charge on any atom is -0.444 e. The minimum atomic E-state index is -0.491. The smallest absolute Gasteiger partial charge is 0.407 e. The number of fused-ring (bicyclic) bond motifs is 1. The molecule has 1 fully saturated rings. The van der Waals surface area contributed by atoms with Gasteiger partial charge in [0.15, 0.2) is 0 Å². The number of rotatable bonds is 2. The number of hydrogen-bond acceptors (Lipinski definition) is 5. The molecule has 0 bridgehead atoms. The lowest BCUT2D eigenvalue weighted by Gasteiger charge is -2.23. The number of nitrogens with one attached hydrogen (secondary N) is 2. The summed E-state index contributed by atoms with van der Waals surface area (Å²) in [6.45, 7) is 9.24. The molecule has 3 heterocycles. The fourth-order valence-electron chi connectivity index (χ4n) is 2.90. The molecule has 2 atom stereocenters. The van der Waals surface area contributed by atoms with Crippen LogP contribution in [0.3, 0.4) is 0 Å². The summed E-state index contributed by atoms with van der Waals surface area (Å²) in [7, 11) is 0. The molecule has 2 N–H and O–H groups in total. The van der Waals surface area contributed by atoms with E-state index in [4.69, 9.17) is 4.74 Å².